The van der Waals surface area contributed by atoms with E-state index in [-0.39, 0.29) is 24.8 Å². The summed E-state index contributed by atoms with van der Waals surface area (Å²) in [5, 5.41) is 7.30. The minimum Gasteiger partial charge on any atom is -0.489 e. The second kappa shape index (κ2) is 13.3. The molecule has 24 heavy (non-hydrogen) atoms. The number of benzene rings is 2. The Morgan fingerprint density at radius 3 is 2.33 bits per heavy atom. The molecule has 0 heterocycles. The standard InChI is InChI=1S/C18H23ClN2O.2ClH/c1-20-11-4-12-21-13-15-7-9-17(10-8-15)22-14-16-5-2-3-6-18(16)19;;/h2-3,5-10,20-21H,4,11-14H2,1H3;2*1H. The molecule has 2 aromatic carbocycles. The summed E-state index contributed by atoms with van der Waals surface area (Å²) in [6.45, 7) is 3.43. The van der Waals surface area contributed by atoms with Crippen LogP contribution >= 0.6 is 36.4 Å². The van der Waals surface area contributed by atoms with Crippen LogP contribution in [0.25, 0.3) is 0 Å². The van der Waals surface area contributed by atoms with E-state index in [1.165, 1.54) is 5.56 Å². The average Bonchev–Trinajstić information content (AvgIpc) is 2.55. The summed E-state index contributed by atoms with van der Waals surface area (Å²) in [6, 6.07) is 15.9. The van der Waals surface area contributed by atoms with E-state index in [2.05, 4.69) is 22.8 Å². The molecule has 6 heteroatoms. The molecule has 0 aliphatic heterocycles. The van der Waals surface area contributed by atoms with Gasteiger partial charge in [0.2, 0.25) is 0 Å². The van der Waals surface area contributed by atoms with E-state index in [1.54, 1.807) is 0 Å². The van der Waals surface area contributed by atoms with Gasteiger partial charge in [0.15, 0.2) is 0 Å². The molecular formula is C18H25Cl3N2O. The van der Waals surface area contributed by atoms with Crippen molar-refractivity contribution in [2.24, 2.45) is 0 Å². The first-order valence-corrected chi connectivity index (χ1v) is 7.98. The molecule has 0 amide bonds. The maximum atomic E-state index is 6.12. The zero-order chi connectivity index (χ0) is 15.6. The Morgan fingerprint density at radius 1 is 0.958 bits per heavy atom. The highest BCUT2D eigenvalue weighted by atomic mass is 35.5. The molecule has 0 aromatic heterocycles. The predicted molar refractivity (Wildman–Crippen MR) is 107 cm³/mol. The zero-order valence-corrected chi connectivity index (χ0v) is 16.1. The van der Waals surface area contributed by atoms with Crippen molar-refractivity contribution in [3.8, 4) is 5.75 Å². The third-order valence-corrected chi connectivity index (χ3v) is 3.75. The number of nitrogens with one attached hydrogen (secondary N) is 2. The Balaban J connectivity index is 0.00000264. The van der Waals surface area contributed by atoms with E-state index in [4.69, 9.17) is 16.3 Å². The Kier molecular flexibility index (Phi) is 12.8. The van der Waals surface area contributed by atoms with Gasteiger partial charge in [0, 0.05) is 17.1 Å². The Labute approximate surface area is 162 Å². The zero-order valence-electron chi connectivity index (χ0n) is 13.8. The van der Waals surface area contributed by atoms with Crippen LogP contribution in [0.4, 0.5) is 0 Å². The van der Waals surface area contributed by atoms with E-state index >= 15 is 0 Å². The largest absolute Gasteiger partial charge is 0.489 e. The van der Waals surface area contributed by atoms with E-state index in [9.17, 15) is 0 Å². The van der Waals surface area contributed by atoms with Gasteiger partial charge in [0.05, 0.1) is 0 Å². The summed E-state index contributed by atoms with van der Waals surface area (Å²) in [4.78, 5) is 0. The highest BCUT2D eigenvalue weighted by molar-refractivity contribution is 6.31. The quantitative estimate of drug-likeness (QED) is 0.619. The maximum absolute atomic E-state index is 6.12. The Hall–Kier alpha value is -0.970. The highest BCUT2D eigenvalue weighted by Crippen LogP contribution is 2.18. The predicted octanol–water partition coefficient (Wildman–Crippen LogP) is 4.46. The molecule has 0 spiro atoms. The Morgan fingerprint density at radius 2 is 1.67 bits per heavy atom. The fraction of sp³-hybridized carbons (Fsp3) is 0.333. The molecule has 0 radical (unpaired) electrons. The van der Waals surface area contributed by atoms with E-state index in [0.29, 0.717) is 6.61 Å². The lowest BCUT2D eigenvalue weighted by Crippen LogP contribution is -2.19. The molecular weight excluding hydrogens is 367 g/mol. The highest BCUT2D eigenvalue weighted by Gasteiger charge is 2.00. The smallest absolute Gasteiger partial charge is 0.119 e. The number of ether oxygens (including phenoxy) is 1. The van der Waals surface area contributed by atoms with Gasteiger partial charge in [-0.05, 0) is 50.3 Å². The molecule has 3 nitrogen and oxygen atoms in total. The summed E-state index contributed by atoms with van der Waals surface area (Å²) in [5.74, 6) is 0.860. The van der Waals surface area contributed by atoms with Crippen molar-refractivity contribution in [1.29, 1.82) is 0 Å². The number of hydrogen-bond donors (Lipinski definition) is 2. The van der Waals surface area contributed by atoms with Crippen LogP contribution in [0.1, 0.15) is 17.5 Å². The van der Waals surface area contributed by atoms with Crippen LogP contribution in [-0.2, 0) is 13.2 Å². The van der Waals surface area contributed by atoms with Crippen LogP contribution in [-0.4, -0.2) is 20.1 Å². The fourth-order valence-electron chi connectivity index (χ4n) is 2.10. The van der Waals surface area contributed by atoms with E-state index in [1.807, 2.05) is 43.4 Å². The van der Waals surface area contributed by atoms with Crippen molar-refractivity contribution in [1.82, 2.24) is 10.6 Å². The molecule has 2 rings (SSSR count). The van der Waals surface area contributed by atoms with Crippen LogP contribution in [0.5, 0.6) is 5.75 Å². The van der Waals surface area contributed by atoms with Crippen molar-refractivity contribution in [2.45, 2.75) is 19.6 Å². The number of halogens is 3. The minimum absolute atomic E-state index is 0. The first-order chi connectivity index (χ1) is 10.8. The molecule has 0 saturated carbocycles. The van der Waals surface area contributed by atoms with Gasteiger partial charge in [0.1, 0.15) is 12.4 Å². The molecule has 0 fully saturated rings. The van der Waals surface area contributed by atoms with E-state index in [0.717, 1.165) is 42.4 Å². The van der Waals surface area contributed by atoms with Gasteiger partial charge >= 0.3 is 0 Å². The first kappa shape index (κ1) is 23.0. The summed E-state index contributed by atoms with van der Waals surface area (Å²) in [7, 11) is 1.97. The average molecular weight is 392 g/mol. The number of hydrogen-bond acceptors (Lipinski definition) is 3. The van der Waals surface area contributed by atoms with Crippen LogP contribution in [0, 0.1) is 0 Å². The van der Waals surface area contributed by atoms with Crippen molar-refractivity contribution in [3.05, 3.63) is 64.7 Å². The summed E-state index contributed by atoms with van der Waals surface area (Å²) in [5.41, 5.74) is 2.26. The van der Waals surface area contributed by atoms with Gasteiger partial charge in [-0.2, -0.15) is 0 Å². The van der Waals surface area contributed by atoms with Gasteiger partial charge in [-0.25, -0.2) is 0 Å². The molecule has 0 bridgehead atoms. The van der Waals surface area contributed by atoms with Crippen LogP contribution in [0.3, 0.4) is 0 Å². The fourth-order valence-corrected chi connectivity index (χ4v) is 2.29. The molecule has 2 N–H and O–H groups in total. The van der Waals surface area contributed by atoms with Gasteiger partial charge in [-0.3, -0.25) is 0 Å². The van der Waals surface area contributed by atoms with Gasteiger partial charge in [0.25, 0.3) is 0 Å². The minimum atomic E-state index is 0. The maximum Gasteiger partial charge on any atom is 0.119 e. The lowest BCUT2D eigenvalue weighted by Gasteiger charge is -2.09. The van der Waals surface area contributed by atoms with Gasteiger partial charge < -0.3 is 15.4 Å². The lowest BCUT2D eigenvalue weighted by atomic mass is 10.2. The molecule has 0 atom stereocenters. The summed E-state index contributed by atoms with van der Waals surface area (Å²) < 4.78 is 5.77. The summed E-state index contributed by atoms with van der Waals surface area (Å²) >= 11 is 6.12. The van der Waals surface area contributed by atoms with E-state index < -0.39 is 0 Å². The van der Waals surface area contributed by atoms with Crippen molar-refractivity contribution >= 4 is 36.4 Å². The van der Waals surface area contributed by atoms with Crippen LogP contribution < -0.4 is 15.4 Å². The first-order valence-electron chi connectivity index (χ1n) is 7.60. The molecule has 2 aromatic rings. The van der Waals surface area contributed by atoms with Crippen molar-refractivity contribution in [3.63, 3.8) is 0 Å². The molecule has 0 unspecified atom stereocenters. The lowest BCUT2D eigenvalue weighted by molar-refractivity contribution is 0.306. The van der Waals surface area contributed by atoms with Crippen molar-refractivity contribution < 1.29 is 4.74 Å². The second-order valence-electron chi connectivity index (χ2n) is 5.16. The molecule has 0 saturated heterocycles. The number of rotatable bonds is 9. The third-order valence-electron chi connectivity index (χ3n) is 3.38. The molecule has 134 valence electrons. The third kappa shape index (κ3) is 8.22. The summed E-state index contributed by atoms with van der Waals surface area (Å²) in [6.07, 6.45) is 1.13. The normalized spacial score (nSPS) is 9.75. The second-order valence-corrected chi connectivity index (χ2v) is 5.57. The monoisotopic (exact) mass is 390 g/mol. The molecule has 0 aliphatic rings. The topological polar surface area (TPSA) is 33.3 Å². The van der Waals surface area contributed by atoms with Crippen LogP contribution in [0.2, 0.25) is 5.02 Å². The van der Waals surface area contributed by atoms with Gasteiger partial charge in [-0.15, -0.1) is 24.8 Å². The van der Waals surface area contributed by atoms with Crippen LogP contribution in [0.15, 0.2) is 48.5 Å². The van der Waals surface area contributed by atoms with Gasteiger partial charge in [-0.1, -0.05) is 41.9 Å². The molecule has 0 aliphatic carbocycles. The Bertz CT molecular complexity index is 564. The van der Waals surface area contributed by atoms with Crippen molar-refractivity contribution in [2.75, 3.05) is 20.1 Å². The SMILES string of the molecule is CNCCCNCc1ccc(OCc2ccccc2Cl)cc1.Cl.Cl.